The van der Waals surface area contributed by atoms with E-state index in [1.165, 1.54) is 12.1 Å². The highest BCUT2D eigenvalue weighted by Gasteiger charge is 2.28. The lowest BCUT2D eigenvalue weighted by atomic mass is 10.1. The number of hydrogen-bond donors (Lipinski definition) is 3. The molecule has 0 unspecified atom stereocenters. The van der Waals surface area contributed by atoms with E-state index in [0.717, 1.165) is 0 Å². The highest BCUT2D eigenvalue weighted by Crippen LogP contribution is 2.25. The van der Waals surface area contributed by atoms with Crippen LogP contribution in [0.1, 0.15) is 38.8 Å². The number of amides is 2. The van der Waals surface area contributed by atoms with Gasteiger partial charge in [-0.1, -0.05) is 12.1 Å². The third-order valence-electron chi connectivity index (χ3n) is 4.58. The van der Waals surface area contributed by atoms with Crippen LogP contribution < -0.4 is 10.6 Å². The van der Waals surface area contributed by atoms with Gasteiger partial charge in [0.1, 0.15) is 0 Å². The third-order valence-corrected chi connectivity index (χ3v) is 4.58. The van der Waals surface area contributed by atoms with Gasteiger partial charge in [0, 0.05) is 0 Å². The molecule has 2 amide bonds. The Hall–Kier alpha value is -4.34. The minimum atomic E-state index is -0.973. The maximum atomic E-state index is 11.4. The number of aliphatic carboxylic acids is 1. The summed E-state index contributed by atoms with van der Waals surface area (Å²) in [6.45, 7) is 2.05. The van der Waals surface area contributed by atoms with E-state index in [2.05, 4.69) is 10.6 Å². The number of carbonyl (C=O) groups is 6. The van der Waals surface area contributed by atoms with E-state index < -0.39 is 29.4 Å². The summed E-state index contributed by atoms with van der Waals surface area (Å²) >= 11 is 0. The fraction of sp³-hybridized carbons (Fsp3) is 0.182. The summed E-state index contributed by atoms with van der Waals surface area (Å²) in [5.41, 5.74) is 2.67. The van der Waals surface area contributed by atoms with Crippen molar-refractivity contribution in [2.75, 3.05) is 17.2 Å². The fourth-order valence-electron chi connectivity index (χ4n) is 3.15. The normalized spacial score (nSPS) is 13.4. The van der Waals surface area contributed by atoms with Gasteiger partial charge in [-0.2, -0.15) is 0 Å². The molecule has 2 aliphatic heterocycles. The van der Waals surface area contributed by atoms with Gasteiger partial charge in [-0.25, -0.2) is 0 Å². The molecule has 0 saturated heterocycles. The molecule has 0 aromatic heterocycles. The Balaban J connectivity index is 0.000000182. The van der Waals surface area contributed by atoms with Crippen molar-refractivity contribution in [3.8, 4) is 0 Å². The van der Waals surface area contributed by atoms with E-state index >= 15 is 0 Å². The van der Waals surface area contributed by atoms with Crippen molar-refractivity contribution in [3.63, 3.8) is 0 Å². The highest BCUT2D eigenvalue weighted by atomic mass is 16.5. The Bertz CT molecular complexity index is 1170. The van der Waals surface area contributed by atoms with E-state index in [1.54, 1.807) is 31.2 Å². The molecule has 0 bridgehead atoms. The van der Waals surface area contributed by atoms with Crippen LogP contribution in [0, 0.1) is 0 Å². The first-order chi connectivity index (χ1) is 15.2. The van der Waals surface area contributed by atoms with Gasteiger partial charge in [-0.05, 0) is 42.3 Å². The van der Waals surface area contributed by atoms with Crippen LogP contribution in [0.2, 0.25) is 0 Å². The predicted molar refractivity (Wildman–Crippen MR) is 110 cm³/mol. The lowest BCUT2D eigenvalue weighted by Gasteiger charge is -2.03. The van der Waals surface area contributed by atoms with Crippen LogP contribution >= 0.6 is 0 Å². The first kappa shape index (κ1) is 22.3. The molecule has 0 aliphatic carbocycles. The molecule has 2 aromatic carbocycles. The SMILES string of the molecule is CCOC(=O)Cc1ccc2c(c1)C(=O)C(=O)N2.O=C(O)Cc1ccc2c(c1)C(=O)C(=O)N2. The largest absolute Gasteiger partial charge is 0.481 e. The summed E-state index contributed by atoms with van der Waals surface area (Å²) in [6, 6.07) is 9.40. The van der Waals surface area contributed by atoms with Crippen molar-refractivity contribution in [3.05, 3.63) is 58.7 Å². The number of carboxylic acids is 1. The molecule has 0 radical (unpaired) electrons. The monoisotopic (exact) mass is 438 g/mol. The molecule has 2 aromatic rings. The number of rotatable bonds is 5. The first-order valence-electron chi connectivity index (χ1n) is 9.54. The smallest absolute Gasteiger partial charge is 0.310 e. The number of benzene rings is 2. The van der Waals surface area contributed by atoms with Gasteiger partial charge in [0.15, 0.2) is 0 Å². The Morgan fingerprint density at radius 3 is 1.72 bits per heavy atom. The second kappa shape index (κ2) is 9.21. The first-order valence-corrected chi connectivity index (χ1v) is 9.54. The molecule has 164 valence electrons. The predicted octanol–water partition coefficient (Wildman–Crippen LogP) is 1.38. The van der Waals surface area contributed by atoms with Gasteiger partial charge >= 0.3 is 11.9 Å². The summed E-state index contributed by atoms with van der Waals surface area (Å²) in [6.07, 6.45) is -0.0582. The number of Topliss-reactive ketones (excluding diaryl/α,β-unsaturated/α-hetero) is 2. The quantitative estimate of drug-likeness (QED) is 0.467. The molecular weight excluding hydrogens is 420 g/mol. The third kappa shape index (κ3) is 4.86. The Morgan fingerprint density at radius 2 is 1.28 bits per heavy atom. The Morgan fingerprint density at radius 1 is 0.812 bits per heavy atom. The van der Waals surface area contributed by atoms with E-state index in [1.807, 2.05) is 0 Å². The van der Waals surface area contributed by atoms with Crippen LogP contribution in [0.5, 0.6) is 0 Å². The van der Waals surface area contributed by atoms with Gasteiger partial charge < -0.3 is 20.5 Å². The van der Waals surface area contributed by atoms with Crippen LogP contribution in [-0.2, 0) is 36.8 Å². The van der Waals surface area contributed by atoms with Crippen molar-refractivity contribution in [1.82, 2.24) is 0 Å². The van der Waals surface area contributed by atoms with Gasteiger partial charge in [0.05, 0.1) is 42.0 Å². The summed E-state index contributed by atoms with van der Waals surface area (Å²) in [4.78, 5) is 66.5. The molecule has 4 rings (SSSR count). The zero-order valence-corrected chi connectivity index (χ0v) is 16.9. The Labute approximate surface area is 181 Å². The van der Waals surface area contributed by atoms with Gasteiger partial charge in [0.2, 0.25) is 0 Å². The average Bonchev–Trinajstić information content (AvgIpc) is 3.18. The average molecular weight is 438 g/mol. The molecule has 2 heterocycles. The van der Waals surface area contributed by atoms with Crippen LogP contribution in [-0.4, -0.2) is 47.0 Å². The van der Waals surface area contributed by atoms with Crippen molar-refractivity contribution < 1.29 is 38.6 Å². The Kier molecular flexibility index (Phi) is 6.43. The molecule has 2 aliphatic rings. The molecule has 0 fully saturated rings. The topological polar surface area (TPSA) is 156 Å². The van der Waals surface area contributed by atoms with E-state index in [4.69, 9.17) is 9.84 Å². The zero-order chi connectivity index (χ0) is 23.4. The lowest BCUT2D eigenvalue weighted by molar-refractivity contribution is -0.142. The number of fused-ring (bicyclic) bond motifs is 2. The van der Waals surface area contributed by atoms with Crippen LogP contribution in [0.3, 0.4) is 0 Å². The van der Waals surface area contributed by atoms with Crippen LogP contribution in [0.4, 0.5) is 11.4 Å². The summed E-state index contributed by atoms with van der Waals surface area (Å²) in [7, 11) is 0. The summed E-state index contributed by atoms with van der Waals surface area (Å²) in [5.74, 6) is -3.80. The second-order valence-corrected chi connectivity index (χ2v) is 6.88. The van der Waals surface area contributed by atoms with Gasteiger partial charge in [0.25, 0.3) is 23.4 Å². The molecule has 3 N–H and O–H groups in total. The number of hydrogen-bond acceptors (Lipinski definition) is 7. The standard InChI is InChI=1S/C12H11NO4.C10H7NO4/c1-2-17-10(14)6-7-3-4-9-8(5-7)11(15)12(16)13-9;12-8(13)4-5-1-2-7-6(3-5)9(14)10(15)11-7/h3-5H,2,6H2,1H3,(H,13,15,16);1-3H,4H2,(H,12,13)(H,11,14,15). The number of ether oxygens (including phenoxy) is 1. The minimum absolute atomic E-state index is 0.0998. The fourth-order valence-corrected chi connectivity index (χ4v) is 3.15. The molecule has 0 spiro atoms. The van der Waals surface area contributed by atoms with Gasteiger partial charge in [-0.15, -0.1) is 0 Å². The summed E-state index contributed by atoms with van der Waals surface area (Å²) in [5, 5.41) is 13.4. The number of carbonyl (C=O) groups excluding carboxylic acids is 5. The van der Waals surface area contributed by atoms with Crippen molar-refractivity contribution in [2.45, 2.75) is 19.8 Å². The lowest BCUT2D eigenvalue weighted by Crippen LogP contribution is -2.12. The zero-order valence-electron chi connectivity index (χ0n) is 16.9. The molecular formula is C22H18N2O8. The molecule has 0 atom stereocenters. The van der Waals surface area contributed by atoms with E-state index in [9.17, 15) is 28.8 Å². The van der Waals surface area contributed by atoms with Crippen LogP contribution in [0.25, 0.3) is 0 Å². The summed E-state index contributed by atoms with van der Waals surface area (Å²) < 4.78 is 4.81. The van der Waals surface area contributed by atoms with Crippen molar-refractivity contribution in [1.29, 1.82) is 0 Å². The number of nitrogens with one attached hydrogen (secondary N) is 2. The van der Waals surface area contributed by atoms with Gasteiger partial charge in [-0.3, -0.25) is 28.8 Å². The van der Waals surface area contributed by atoms with Crippen molar-refractivity contribution >= 4 is 46.7 Å². The number of carboxylic acid groups (broad SMARTS) is 1. The van der Waals surface area contributed by atoms with E-state index in [0.29, 0.717) is 34.7 Å². The maximum absolute atomic E-state index is 11.4. The highest BCUT2D eigenvalue weighted by molar-refractivity contribution is 6.52. The van der Waals surface area contributed by atoms with E-state index in [-0.39, 0.29) is 24.4 Å². The maximum Gasteiger partial charge on any atom is 0.310 e. The van der Waals surface area contributed by atoms with Crippen molar-refractivity contribution in [2.24, 2.45) is 0 Å². The molecule has 32 heavy (non-hydrogen) atoms. The molecule has 10 heteroatoms. The minimum Gasteiger partial charge on any atom is -0.481 e. The molecule has 10 nitrogen and oxygen atoms in total. The second-order valence-electron chi connectivity index (χ2n) is 6.88. The number of esters is 1. The number of ketones is 2. The molecule has 0 saturated carbocycles. The number of anilines is 2. The van der Waals surface area contributed by atoms with Crippen LogP contribution in [0.15, 0.2) is 36.4 Å².